The van der Waals surface area contributed by atoms with Gasteiger partial charge in [0.05, 0.1) is 24.2 Å². The lowest BCUT2D eigenvalue weighted by Gasteiger charge is -2.30. The summed E-state index contributed by atoms with van der Waals surface area (Å²) >= 11 is 0. The number of aliphatic carboxylic acids is 1. The van der Waals surface area contributed by atoms with Gasteiger partial charge in [0.1, 0.15) is 17.4 Å². The summed E-state index contributed by atoms with van der Waals surface area (Å²) < 4.78 is 41.7. The van der Waals surface area contributed by atoms with Crippen molar-refractivity contribution < 1.29 is 33.3 Å². The summed E-state index contributed by atoms with van der Waals surface area (Å²) in [6.07, 6.45) is 3.77. The summed E-state index contributed by atoms with van der Waals surface area (Å²) in [7, 11) is 1.83. The third kappa shape index (κ3) is 5.90. The van der Waals surface area contributed by atoms with E-state index in [9.17, 15) is 19.4 Å². The van der Waals surface area contributed by atoms with E-state index in [-0.39, 0.29) is 34.7 Å². The number of likely N-dealkylation sites (N-methyl/N-ethyl adjacent to an activating group) is 1. The Labute approximate surface area is 240 Å². The summed E-state index contributed by atoms with van der Waals surface area (Å²) in [5.74, 6) is -5.47. The molecule has 0 bridgehead atoms. The van der Waals surface area contributed by atoms with Crippen molar-refractivity contribution in [3.63, 3.8) is 0 Å². The third-order valence-electron chi connectivity index (χ3n) is 7.30. The highest BCUT2D eigenvalue weighted by Crippen LogP contribution is 2.39. The van der Waals surface area contributed by atoms with Crippen LogP contribution in [0.15, 0.2) is 47.6 Å². The van der Waals surface area contributed by atoms with Crippen molar-refractivity contribution in [3.05, 3.63) is 65.4 Å². The normalized spacial score (nSPS) is 18.4. The molecule has 0 radical (unpaired) electrons. The number of hydrogen-bond acceptors (Lipinski definition) is 9. The number of nitrogens with two attached hydrogens (primary N) is 1. The fraction of sp³-hybridized carbons (Fsp3) is 0.310. The maximum absolute atomic E-state index is 15.6. The minimum absolute atomic E-state index is 0.0999. The van der Waals surface area contributed by atoms with E-state index >= 15 is 4.39 Å². The number of aromatic hydroxyl groups is 1. The standard InChI is InChI=1S/C29H30F2N6O5/c1-37-11-10-34-27(37)18-13-16(36-20-5-3-2-4-17(20)29(39)40)7-9-22(18)41-25-19(30)14-35-28(24(25)31)42-23-12-15(26(32)33)6-8-21(23)38/h6-9,12-14,17,20,36,38H,2-5,10-11H2,1H3,(H3,32,33)(H,39,40). The van der Waals surface area contributed by atoms with Crippen molar-refractivity contribution in [1.82, 2.24) is 9.88 Å². The zero-order valence-corrected chi connectivity index (χ0v) is 22.7. The van der Waals surface area contributed by atoms with Gasteiger partial charge in [-0.1, -0.05) is 12.8 Å². The first-order chi connectivity index (χ1) is 20.1. The number of rotatable bonds is 9. The van der Waals surface area contributed by atoms with Crippen LogP contribution in [0.2, 0.25) is 0 Å². The highest BCUT2D eigenvalue weighted by atomic mass is 19.1. The molecule has 220 valence electrons. The van der Waals surface area contributed by atoms with Crippen molar-refractivity contribution in [2.24, 2.45) is 16.6 Å². The SMILES string of the molecule is CN1CCN=C1c1cc(NC2CCCCC2C(=O)O)ccc1Oc1c(F)cnc(Oc2cc(C(=N)N)ccc2O)c1F. The Kier molecular flexibility index (Phi) is 8.09. The molecule has 0 spiro atoms. The number of pyridine rings is 1. The van der Waals surface area contributed by atoms with Gasteiger partial charge in [0.25, 0.3) is 5.88 Å². The summed E-state index contributed by atoms with van der Waals surface area (Å²) in [4.78, 5) is 21.9. The monoisotopic (exact) mass is 580 g/mol. The van der Waals surface area contributed by atoms with Gasteiger partial charge in [-0.05, 0) is 49.2 Å². The largest absolute Gasteiger partial charge is 0.504 e. The Bertz CT molecular complexity index is 1570. The molecule has 1 fully saturated rings. The average molecular weight is 581 g/mol. The molecular weight excluding hydrogens is 550 g/mol. The first-order valence-corrected chi connectivity index (χ1v) is 13.4. The van der Waals surface area contributed by atoms with Gasteiger partial charge in [-0.2, -0.15) is 4.39 Å². The van der Waals surface area contributed by atoms with Crippen molar-refractivity contribution in [3.8, 4) is 28.9 Å². The average Bonchev–Trinajstić information content (AvgIpc) is 3.39. The summed E-state index contributed by atoms with van der Waals surface area (Å²) in [5, 5.41) is 30.7. The van der Waals surface area contributed by atoms with Gasteiger partial charge in [-0.25, -0.2) is 9.37 Å². The Morgan fingerprint density at radius 2 is 1.93 bits per heavy atom. The number of ether oxygens (including phenoxy) is 2. The van der Waals surface area contributed by atoms with E-state index in [1.165, 1.54) is 24.3 Å². The van der Waals surface area contributed by atoms with Gasteiger partial charge >= 0.3 is 5.97 Å². The molecule has 1 aliphatic carbocycles. The number of halogens is 2. The highest BCUT2D eigenvalue weighted by Gasteiger charge is 2.31. The van der Waals surface area contributed by atoms with E-state index in [0.29, 0.717) is 43.0 Å². The zero-order chi connectivity index (χ0) is 30.0. The molecule has 42 heavy (non-hydrogen) atoms. The van der Waals surface area contributed by atoms with Crippen LogP contribution < -0.4 is 20.5 Å². The quantitative estimate of drug-likeness (QED) is 0.178. The van der Waals surface area contributed by atoms with Gasteiger partial charge in [-0.3, -0.25) is 15.2 Å². The van der Waals surface area contributed by atoms with E-state index in [2.05, 4.69) is 15.3 Å². The Morgan fingerprint density at radius 1 is 1.14 bits per heavy atom. The molecule has 1 aliphatic heterocycles. The molecular formula is C29H30F2N6O5. The fourth-order valence-electron chi connectivity index (χ4n) is 5.09. The van der Waals surface area contributed by atoms with Crippen molar-refractivity contribution in [2.45, 2.75) is 31.7 Å². The van der Waals surface area contributed by atoms with Crippen LogP contribution in [0.25, 0.3) is 0 Å². The second-order valence-corrected chi connectivity index (χ2v) is 10.2. The Balaban J connectivity index is 1.48. The second kappa shape index (κ2) is 11.9. The number of nitrogens with one attached hydrogen (secondary N) is 2. The number of carboxylic acids is 1. The smallest absolute Gasteiger partial charge is 0.308 e. The van der Waals surface area contributed by atoms with Crippen LogP contribution in [-0.2, 0) is 4.79 Å². The molecule has 2 aromatic carbocycles. The van der Waals surface area contributed by atoms with Gasteiger partial charge in [0, 0.05) is 30.9 Å². The van der Waals surface area contributed by atoms with E-state index < -0.39 is 35.2 Å². The minimum Gasteiger partial charge on any atom is -0.504 e. The van der Waals surface area contributed by atoms with E-state index in [4.69, 9.17) is 20.6 Å². The molecule has 0 amide bonds. The molecule has 0 saturated heterocycles. The van der Waals surface area contributed by atoms with Crippen LogP contribution in [0.4, 0.5) is 14.5 Å². The molecule has 2 atom stereocenters. The molecule has 3 aromatic rings. The number of benzene rings is 2. The first-order valence-electron chi connectivity index (χ1n) is 13.4. The summed E-state index contributed by atoms with van der Waals surface area (Å²) in [5.41, 5.74) is 6.78. The number of amidine groups is 2. The molecule has 1 aromatic heterocycles. The molecule has 2 heterocycles. The van der Waals surface area contributed by atoms with Crippen molar-refractivity contribution in [2.75, 3.05) is 25.5 Å². The number of nitrogens with zero attached hydrogens (tertiary/aromatic N) is 3. The maximum Gasteiger partial charge on any atom is 0.308 e. The molecule has 2 unspecified atom stereocenters. The lowest BCUT2D eigenvalue weighted by molar-refractivity contribution is -0.143. The zero-order valence-electron chi connectivity index (χ0n) is 22.7. The number of carboxylic acid groups (broad SMARTS) is 1. The first kappa shape index (κ1) is 28.6. The number of phenolic OH excluding ortho intramolecular Hbond substituents is 1. The van der Waals surface area contributed by atoms with E-state index in [1.54, 1.807) is 12.1 Å². The van der Waals surface area contributed by atoms with Crippen LogP contribution >= 0.6 is 0 Å². The number of phenols is 1. The lowest BCUT2D eigenvalue weighted by Crippen LogP contribution is -2.37. The van der Waals surface area contributed by atoms with Crippen molar-refractivity contribution >= 4 is 23.3 Å². The molecule has 5 rings (SSSR count). The summed E-state index contributed by atoms with van der Waals surface area (Å²) in [6, 6.07) is 8.47. The van der Waals surface area contributed by atoms with Gasteiger partial charge in [0.15, 0.2) is 17.3 Å². The predicted octanol–water partition coefficient (Wildman–Crippen LogP) is 4.68. The number of carbonyl (C=O) groups is 1. The van der Waals surface area contributed by atoms with Crippen LogP contribution in [0.5, 0.6) is 28.9 Å². The van der Waals surface area contributed by atoms with E-state index in [1.807, 2.05) is 11.9 Å². The number of aliphatic imine (C=N–C) groups is 1. The van der Waals surface area contributed by atoms with E-state index in [0.717, 1.165) is 19.0 Å². The van der Waals surface area contributed by atoms with Crippen LogP contribution in [0, 0.1) is 23.0 Å². The summed E-state index contributed by atoms with van der Waals surface area (Å²) in [6.45, 7) is 1.15. The fourth-order valence-corrected chi connectivity index (χ4v) is 5.09. The molecule has 11 nitrogen and oxygen atoms in total. The maximum atomic E-state index is 15.6. The van der Waals surface area contributed by atoms with Crippen LogP contribution in [-0.4, -0.2) is 63.9 Å². The van der Waals surface area contributed by atoms with Gasteiger partial charge in [0.2, 0.25) is 11.6 Å². The van der Waals surface area contributed by atoms with Gasteiger partial charge in [-0.15, -0.1) is 0 Å². The molecule has 2 aliphatic rings. The van der Waals surface area contributed by atoms with Crippen molar-refractivity contribution in [1.29, 1.82) is 5.41 Å². The second-order valence-electron chi connectivity index (χ2n) is 10.2. The number of aromatic nitrogens is 1. The Morgan fingerprint density at radius 3 is 2.64 bits per heavy atom. The molecule has 6 N–H and O–H groups in total. The number of anilines is 1. The lowest BCUT2D eigenvalue weighted by atomic mass is 9.84. The van der Waals surface area contributed by atoms with Gasteiger partial charge < -0.3 is 35.6 Å². The minimum atomic E-state index is -1.26. The third-order valence-corrected chi connectivity index (χ3v) is 7.30. The number of hydrogen-bond donors (Lipinski definition) is 5. The topological polar surface area (TPSA) is 166 Å². The predicted molar refractivity (Wildman–Crippen MR) is 151 cm³/mol. The van der Waals surface area contributed by atoms with Crippen LogP contribution in [0.1, 0.15) is 36.8 Å². The van der Waals surface area contributed by atoms with Crippen LogP contribution in [0.3, 0.4) is 0 Å². The molecule has 1 saturated carbocycles. The molecule has 13 heteroatoms. The Hall–Kier alpha value is -4.94. The highest BCUT2D eigenvalue weighted by molar-refractivity contribution is 6.03. The number of nitrogen functional groups attached to an aromatic ring is 1.